The summed E-state index contributed by atoms with van der Waals surface area (Å²) in [5.74, 6) is -0.513. The van der Waals surface area contributed by atoms with E-state index in [1.807, 2.05) is 6.92 Å². The summed E-state index contributed by atoms with van der Waals surface area (Å²) in [5, 5.41) is 11.8. The van der Waals surface area contributed by atoms with Crippen LogP contribution in [0.4, 0.5) is 4.79 Å². The van der Waals surface area contributed by atoms with Crippen LogP contribution in [0.3, 0.4) is 0 Å². The van der Waals surface area contributed by atoms with Crippen molar-refractivity contribution >= 4 is 12.0 Å². The Morgan fingerprint density at radius 3 is 2.28 bits per heavy atom. The smallest absolute Gasteiger partial charge is 0.317 e. The van der Waals surface area contributed by atoms with Crippen molar-refractivity contribution in [3.63, 3.8) is 0 Å². The van der Waals surface area contributed by atoms with E-state index in [2.05, 4.69) is 19.2 Å². The van der Waals surface area contributed by atoms with Crippen LogP contribution in [0.5, 0.6) is 0 Å². The van der Waals surface area contributed by atoms with Gasteiger partial charge in [0.15, 0.2) is 0 Å². The van der Waals surface area contributed by atoms with Crippen LogP contribution in [-0.4, -0.2) is 41.1 Å². The van der Waals surface area contributed by atoms with Crippen LogP contribution < -0.4 is 5.32 Å². The Kier molecular flexibility index (Phi) is 4.99. The molecular weight excluding hydrogens is 232 g/mol. The molecule has 0 radical (unpaired) electrons. The van der Waals surface area contributed by atoms with Crippen molar-refractivity contribution in [3.05, 3.63) is 0 Å². The number of aliphatic carboxylic acids is 1. The second kappa shape index (κ2) is 6.07. The highest BCUT2D eigenvalue weighted by atomic mass is 16.4. The average molecular weight is 256 g/mol. The van der Waals surface area contributed by atoms with E-state index in [0.29, 0.717) is 19.0 Å². The van der Waals surface area contributed by atoms with Gasteiger partial charge in [0.25, 0.3) is 0 Å². The summed E-state index contributed by atoms with van der Waals surface area (Å²) in [6.07, 6.45) is 0.953. The molecule has 18 heavy (non-hydrogen) atoms. The highest BCUT2D eigenvalue weighted by Gasteiger charge is 2.37. The largest absolute Gasteiger partial charge is 0.481 e. The van der Waals surface area contributed by atoms with Crippen molar-refractivity contribution < 1.29 is 14.7 Å². The monoisotopic (exact) mass is 256 g/mol. The van der Waals surface area contributed by atoms with E-state index >= 15 is 0 Å². The number of likely N-dealkylation sites (tertiary alicyclic amines) is 1. The van der Waals surface area contributed by atoms with Crippen LogP contribution in [0.2, 0.25) is 0 Å². The predicted molar refractivity (Wildman–Crippen MR) is 69.3 cm³/mol. The van der Waals surface area contributed by atoms with Gasteiger partial charge >= 0.3 is 12.0 Å². The fourth-order valence-electron chi connectivity index (χ4n) is 2.26. The van der Waals surface area contributed by atoms with Crippen LogP contribution >= 0.6 is 0 Å². The number of amides is 2. The van der Waals surface area contributed by atoms with Gasteiger partial charge in [-0.2, -0.15) is 0 Å². The van der Waals surface area contributed by atoms with Crippen molar-refractivity contribution in [2.75, 3.05) is 13.1 Å². The Morgan fingerprint density at radius 2 is 1.83 bits per heavy atom. The molecule has 2 N–H and O–H groups in total. The molecule has 0 aliphatic carbocycles. The minimum absolute atomic E-state index is 0.0722. The molecule has 2 atom stereocenters. The number of carboxylic acids is 1. The lowest BCUT2D eigenvalue weighted by atomic mass is 9.87. The van der Waals surface area contributed by atoms with Crippen molar-refractivity contribution in [2.24, 2.45) is 17.8 Å². The molecule has 0 aromatic heterocycles. The first kappa shape index (κ1) is 14.8. The number of hydrogen-bond donors (Lipinski definition) is 2. The fraction of sp³-hybridized carbons (Fsp3) is 0.846. The Bertz CT molecular complexity index is 311. The van der Waals surface area contributed by atoms with Gasteiger partial charge < -0.3 is 15.3 Å². The number of carboxylic acid groups (broad SMARTS) is 1. The van der Waals surface area contributed by atoms with Crippen LogP contribution in [-0.2, 0) is 4.79 Å². The Hall–Kier alpha value is -1.26. The number of carbonyl (C=O) groups is 2. The molecule has 2 amide bonds. The normalized spacial score (nSPS) is 19.3. The Morgan fingerprint density at radius 1 is 1.28 bits per heavy atom. The highest BCUT2D eigenvalue weighted by molar-refractivity contribution is 5.76. The SMILES string of the molecule is CC(C)CC(C)NC(=O)N1CC(C(C)C(=O)O)C1. The predicted octanol–water partition coefficient (Wildman–Crippen LogP) is 1.78. The van der Waals surface area contributed by atoms with E-state index in [1.54, 1.807) is 11.8 Å². The molecule has 1 aliphatic heterocycles. The average Bonchev–Trinajstić information content (AvgIpc) is 2.12. The van der Waals surface area contributed by atoms with E-state index < -0.39 is 5.97 Å². The van der Waals surface area contributed by atoms with Gasteiger partial charge in [0, 0.05) is 25.0 Å². The van der Waals surface area contributed by atoms with Gasteiger partial charge in [-0.3, -0.25) is 4.79 Å². The lowest BCUT2D eigenvalue weighted by molar-refractivity contribution is -0.144. The number of carbonyl (C=O) groups excluding carboxylic acids is 1. The second-order valence-electron chi connectivity index (χ2n) is 5.77. The van der Waals surface area contributed by atoms with Crippen LogP contribution in [0.1, 0.15) is 34.1 Å². The maximum atomic E-state index is 11.8. The molecule has 104 valence electrons. The van der Waals surface area contributed by atoms with Crippen molar-refractivity contribution in [1.82, 2.24) is 10.2 Å². The maximum absolute atomic E-state index is 11.8. The Labute approximate surface area is 109 Å². The fourth-order valence-corrected chi connectivity index (χ4v) is 2.26. The lowest BCUT2D eigenvalue weighted by Gasteiger charge is -2.41. The van der Waals surface area contributed by atoms with E-state index in [9.17, 15) is 9.59 Å². The summed E-state index contributed by atoms with van der Waals surface area (Å²) in [6, 6.07) is 0.0884. The van der Waals surface area contributed by atoms with E-state index in [4.69, 9.17) is 5.11 Å². The third-order valence-corrected chi connectivity index (χ3v) is 3.49. The zero-order chi connectivity index (χ0) is 13.9. The summed E-state index contributed by atoms with van der Waals surface area (Å²) in [4.78, 5) is 24.3. The molecule has 5 heteroatoms. The molecule has 1 aliphatic rings. The van der Waals surface area contributed by atoms with E-state index in [1.165, 1.54) is 0 Å². The zero-order valence-electron chi connectivity index (χ0n) is 11.6. The van der Waals surface area contributed by atoms with Gasteiger partial charge in [0.1, 0.15) is 0 Å². The quantitative estimate of drug-likeness (QED) is 0.787. The molecule has 1 saturated heterocycles. The van der Waals surface area contributed by atoms with Gasteiger partial charge in [-0.1, -0.05) is 20.8 Å². The Balaban J connectivity index is 2.29. The molecule has 0 spiro atoms. The molecule has 1 rings (SSSR count). The zero-order valence-corrected chi connectivity index (χ0v) is 11.6. The molecule has 2 unspecified atom stereocenters. The van der Waals surface area contributed by atoms with Gasteiger partial charge in [-0.15, -0.1) is 0 Å². The first-order valence-electron chi connectivity index (χ1n) is 6.59. The molecule has 0 bridgehead atoms. The van der Waals surface area contributed by atoms with Crippen molar-refractivity contribution in [2.45, 2.75) is 40.2 Å². The maximum Gasteiger partial charge on any atom is 0.317 e. The third kappa shape index (κ3) is 3.89. The van der Waals surface area contributed by atoms with Gasteiger partial charge in [0.05, 0.1) is 5.92 Å². The van der Waals surface area contributed by atoms with Crippen LogP contribution in [0.15, 0.2) is 0 Å². The van der Waals surface area contributed by atoms with Gasteiger partial charge in [0.2, 0.25) is 0 Å². The first-order valence-corrected chi connectivity index (χ1v) is 6.59. The van der Waals surface area contributed by atoms with Gasteiger partial charge in [-0.05, 0) is 19.3 Å². The van der Waals surface area contributed by atoms with E-state index in [0.717, 1.165) is 6.42 Å². The second-order valence-corrected chi connectivity index (χ2v) is 5.77. The highest BCUT2D eigenvalue weighted by Crippen LogP contribution is 2.24. The number of rotatable bonds is 5. The lowest BCUT2D eigenvalue weighted by Crippen LogP contribution is -2.57. The number of urea groups is 1. The standard InChI is InChI=1S/C13H24N2O3/c1-8(2)5-9(3)14-13(18)15-6-11(7-15)10(4)12(16)17/h8-11H,5-7H2,1-4H3,(H,14,18)(H,16,17). The summed E-state index contributed by atoms with van der Waals surface area (Å²) < 4.78 is 0. The molecule has 5 nitrogen and oxygen atoms in total. The molecule has 0 aromatic rings. The summed E-state index contributed by atoms with van der Waals surface area (Å²) in [5.41, 5.74) is 0. The molecular formula is C13H24N2O3. The van der Waals surface area contributed by atoms with Gasteiger partial charge in [-0.25, -0.2) is 4.79 Å². The topological polar surface area (TPSA) is 69.6 Å². The third-order valence-electron chi connectivity index (χ3n) is 3.49. The van der Waals surface area contributed by atoms with Crippen LogP contribution in [0, 0.1) is 17.8 Å². The summed E-state index contributed by atoms with van der Waals surface area (Å²) in [7, 11) is 0. The molecule has 0 aromatic carbocycles. The van der Waals surface area contributed by atoms with Crippen molar-refractivity contribution in [3.8, 4) is 0 Å². The van der Waals surface area contributed by atoms with E-state index in [-0.39, 0.29) is 23.9 Å². The van der Waals surface area contributed by atoms with Crippen LogP contribution in [0.25, 0.3) is 0 Å². The number of hydrogen-bond acceptors (Lipinski definition) is 2. The van der Waals surface area contributed by atoms with Crippen molar-refractivity contribution in [1.29, 1.82) is 0 Å². The minimum atomic E-state index is -0.784. The summed E-state index contributed by atoms with van der Waals surface area (Å²) >= 11 is 0. The number of nitrogens with zero attached hydrogens (tertiary/aromatic N) is 1. The number of nitrogens with one attached hydrogen (secondary N) is 1. The first-order chi connectivity index (χ1) is 8.31. The minimum Gasteiger partial charge on any atom is -0.481 e. The summed E-state index contributed by atoms with van der Waals surface area (Å²) in [6.45, 7) is 9.04. The molecule has 0 saturated carbocycles. The molecule has 1 heterocycles. The molecule has 1 fully saturated rings.